The van der Waals surface area contributed by atoms with E-state index >= 15 is 0 Å². The number of amides is 7. The average Bonchev–Trinajstić information content (AvgIpc) is 3.73. The molecule has 50 heavy (non-hydrogen) atoms. The Morgan fingerprint density at radius 1 is 0.920 bits per heavy atom. The fraction of sp³-hybridized carbons (Fsp3) is 0.735. The summed E-state index contributed by atoms with van der Waals surface area (Å²) in [6, 6.07) is 0.327. The number of hydroxylamine groups is 2. The van der Waals surface area contributed by atoms with Gasteiger partial charge in [-0.2, -0.15) is 11.8 Å². The highest BCUT2D eigenvalue weighted by Gasteiger charge is 2.42. The number of urea groups is 1. The third-order valence-corrected chi connectivity index (χ3v) is 11.0. The molecule has 5 unspecified atom stereocenters. The molecule has 0 spiro atoms. The standard InChI is InChI=1S/C34H52N6O9S/c1-34(31(45)36-21-9-20-35-26(41)13-5-4-12-25-30-24(22-50-25)38-32(46)39-30)17-7-10-23(11-8-18-34)48-33(47)37-19-6-2-3-14-29(44)49-40-27(42)15-16-28(40)43/h7,10,23-25,30H,2-6,8-9,11-22H2,1H3,(H,35,41)(H,36,45)(H,37,47)(H2,38,39,46)/b10-7+. The summed E-state index contributed by atoms with van der Waals surface area (Å²) in [5, 5.41) is 15.6. The van der Waals surface area contributed by atoms with Crippen molar-refractivity contribution >= 4 is 53.5 Å². The maximum atomic E-state index is 13.0. The molecule has 3 saturated heterocycles. The first-order valence-corrected chi connectivity index (χ1v) is 19.0. The minimum atomic E-state index is -0.637. The number of carbonyl (C=O) groups is 7. The molecular formula is C34H52N6O9S. The van der Waals surface area contributed by atoms with Crippen molar-refractivity contribution in [1.29, 1.82) is 0 Å². The highest BCUT2D eigenvalue weighted by Crippen LogP contribution is 2.33. The molecule has 5 atom stereocenters. The van der Waals surface area contributed by atoms with E-state index in [-0.39, 0.29) is 49.2 Å². The molecular weight excluding hydrogens is 668 g/mol. The molecule has 7 amide bonds. The van der Waals surface area contributed by atoms with Gasteiger partial charge in [-0.05, 0) is 63.9 Å². The molecule has 0 radical (unpaired) electrons. The molecule has 16 heteroatoms. The highest BCUT2D eigenvalue weighted by atomic mass is 32.2. The number of hydrogen-bond donors (Lipinski definition) is 5. The third-order valence-electron chi connectivity index (χ3n) is 9.51. The van der Waals surface area contributed by atoms with E-state index in [1.807, 2.05) is 30.8 Å². The van der Waals surface area contributed by atoms with E-state index in [0.29, 0.717) is 87.7 Å². The molecule has 3 heterocycles. The Hall–Kier alpha value is -3.82. The number of nitrogens with zero attached hydrogens (tertiary/aromatic N) is 1. The number of alkyl carbamates (subject to hydrolysis) is 1. The summed E-state index contributed by atoms with van der Waals surface area (Å²) in [5.41, 5.74) is -0.575. The average molecular weight is 721 g/mol. The predicted octanol–water partition coefficient (Wildman–Crippen LogP) is 2.73. The van der Waals surface area contributed by atoms with Gasteiger partial charge >= 0.3 is 18.1 Å². The summed E-state index contributed by atoms with van der Waals surface area (Å²) in [6.45, 7) is 3.28. The number of allylic oxidation sites excluding steroid dienone is 1. The fourth-order valence-electron chi connectivity index (χ4n) is 6.52. The van der Waals surface area contributed by atoms with Crippen LogP contribution in [0.1, 0.15) is 103 Å². The lowest BCUT2D eigenvalue weighted by molar-refractivity contribution is -0.197. The second-order valence-corrected chi connectivity index (χ2v) is 14.9. The topological polar surface area (TPSA) is 201 Å². The minimum Gasteiger partial charge on any atom is -0.442 e. The van der Waals surface area contributed by atoms with Crippen molar-refractivity contribution in [2.45, 2.75) is 127 Å². The number of imide groups is 1. The summed E-state index contributed by atoms with van der Waals surface area (Å²) < 4.78 is 5.55. The van der Waals surface area contributed by atoms with Crippen LogP contribution in [0.4, 0.5) is 9.59 Å². The summed E-state index contributed by atoms with van der Waals surface area (Å²) in [7, 11) is 0. The van der Waals surface area contributed by atoms with E-state index in [9.17, 15) is 33.6 Å². The SMILES string of the molecule is CC1(C(=O)NCCCNC(=O)CCCCC2SCC3NC(=O)NC32)C/C=C/C(OC(=O)NCCCCCC(=O)ON2C(=O)CCC2=O)CCC1. The first-order valence-electron chi connectivity index (χ1n) is 18.0. The van der Waals surface area contributed by atoms with Gasteiger partial charge in [-0.3, -0.25) is 19.2 Å². The summed E-state index contributed by atoms with van der Waals surface area (Å²) in [5.74, 6) is -0.734. The van der Waals surface area contributed by atoms with Crippen molar-refractivity contribution in [2.24, 2.45) is 5.41 Å². The molecule has 0 aromatic rings. The number of carbonyl (C=O) groups excluding carboxylic acids is 7. The van der Waals surface area contributed by atoms with E-state index in [1.165, 1.54) is 0 Å². The largest absolute Gasteiger partial charge is 0.442 e. The normalized spacial score (nSPS) is 26.6. The van der Waals surface area contributed by atoms with Crippen LogP contribution < -0.4 is 26.6 Å². The van der Waals surface area contributed by atoms with Crippen LogP contribution in [0.15, 0.2) is 12.2 Å². The number of thioether (sulfide) groups is 1. The zero-order valence-corrected chi connectivity index (χ0v) is 29.7. The van der Waals surface area contributed by atoms with Crippen LogP contribution in [-0.2, 0) is 33.5 Å². The first-order chi connectivity index (χ1) is 24.0. The Balaban J connectivity index is 0.991. The van der Waals surface area contributed by atoms with Crippen molar-refractivity contribution in [3.05, 3.63) is 12.2 Å². The summed E-state index contributed by atoms with van der Waals surface area (Å²) in [4.78, 5) is 88.8. The van der Waals surface area contributed by atoms with Gasteiger partial charge in [-0.15, -0.1) is 5.06 Å². The van der Waals surface area contributed by atoms with Gasteiger partial charge in [0.25, 0.3) is 11.8 Å². The van der Waals surface area contributed by atoms with Gasteiger partial charge in [0.1, 0.15) is 6.10 Å². The van der Waals surface area contributed by atoms with Crippen LogP contribution >= 0.6 is 11.8 Å². The van der Waals surface area contributed by atoms with Crippen LogP contribution in [0.5, 0.6) is 0 Å². The molecule has 0 aromatic carbocycles. The van der Waals surface area contributed by atoms with Crippen LogP contribution in [0.2, 0.25) is 0 Å². The number of ether oxygens (including phenoxy) is 1. The molecule has 0 bridgehead atoms. The highest BCUT2D eigenvalue weighted by molar-refractivity contribution is 8.00. The van der Waals surface area contributed by atoms with Gasteiger partial charge in [-0.25, -0.2) is 14.4 Å². The molecule has 4 rings (SSSR count). The van der Waals surface area contributed by atoms with Crippen LogP contribution in [0.3, 0.4) is 0 Å². The maximum Gasteiger partial charge on any atom is 0.407 e. The van der Waals surface area contributed by atoms with Crippen LogP contribution in [0, 0.1) is 5.41 Å². The second kappa shape index (κ2) is 19.5. The number of rotatable bonds is 18. The second-order valence-electron chi connectivity index (χ2n) is 13.6. The number of unbranched alkanes of at least 4 members (excludes halogenated alkanes) is 3. The molecule has 278 valence electrons. The molecule has 3 aliphatic heterocycles. The van der Waals surface area contributed by atoms with E-state index in [4.69, 9.17) is 9.57 Å². The van der Waals surface area contributed by atoms with E-state index in [1.54, 1.807) is 0 Å². The molecule has 5 N–H and O–H groups in total. The zero-order chi connectivity index (χ0) is 35.9. The van der Waals surface area contributed by atoms with Gasteiger partial charge in [-0.1, -0.05) is 25.8 Å². The monoisotopic (exact) mass is 720 g/mol. The molecule has 4 aliphatic rings. The maximum absolute atomic E-state index is 13.0. The molecule has 0 aromatic heterocycles. The van der Waals surface area contributed by atoms with Gasteiger partial charge < -0.3 is 36.2 Å². The smallest absolute Gasteiger partial charge is 0.407 e. The predicted molar refractivity (Wildman–Crippen MR) is 184 cm³/mol. The van der Waals surface area contributed by atoms with Gasteiger partial charge in [0.2, 0.25) is 11.8 Å². The Morgan fingerprint density at radius 2 is 1.66 bits per heavy atom. The van der Waals surface area contributed by atoms with Crippen molar-refractivity contribution in [3.8, 4) is 0 Å². The van der Waals surface area contributed by atoms with Crippen LogP contribution in [-0.4, -0.2) is 95.6 Å². The van der Waals surface area contributed by atoms with Crippen molar-refractivity contribution in [2.75, 3.05) is 25.4 Å². The Bertz CT molecular complexity index is 1270. The Morgan fingerprint density at radius 3 is 2.46 bits per heavy atom. The van der Waals surface area contributed by atoms with Gasteiger partial charge in [0.15, 0.2) is 0 Å². The van der Waals surface area contributed by atoms with E-state index in [0.717, 1.165) is 25.0 Å². The van der Waals surface area contributed by atoms with Crippen molar-refractivity contribution in [1.82, 2.24) is 31.6 Å². The number of fused-ring (bicyclic) bond motifs is 1. The summed E-state index contributed by atoms with van der Waals surface area (Å²) >= 11 is 1.88. The Kier molecular flexibility index (Phi) is 15.2. The van der Waals surface area contributed by atoms with Crippen molar-refractivity contribution < 1.29 is 43.1 Å². The molecule has 0 saturated carbocycles. The number of hydrogen-bond acceptors (Lipinski definition) is 10. The van der Waals surface area contributed by atoms with Gasteiger partial charge in [0.05, 0.1) is 12.1 Å². The lowest BCUT2D eigenvalue weighted by Crippen LogP contribution is -2.40. The van der Waals surface area contributed by atoms with E-state index < -0.39 is 35.4 Å². The van der Waals surface area contributed by atoms with Crippen LogP contribution in [0.25, 0.3) is 0 Å². The van der Waals surface area contributed by atoms with E-state index in [2.05, 4.69) is 26.6 Å². The van der Waals surface area contributed by atoms with Gasteiger partial charge in [0, 0.05) is 61.7 Å². The molecule has 1 aliphatic carbocycles. The zero-order valence-electron chi connectivity index (χ0n) is 28.9. The quantitative estimate of drug-likeness (QED) is 0.0607. The lowest BCUT2D eigenvalue weighted by Gasteiger charge is -2.29. The molecule has 15 nitrogen and oxygen atoms in total. The Labute approximate surface area is 297 Å². The minimum absolute atomic E-state index is 0.0134. The number of nitrogens with one attached hydrogen (secondary N) is 5. The van der Waals surface area contributed by atoms with Crippen molar-refractivity contribution in [3.63, 3.8) is 0 Å². The molecule has 3 fully saturated rings. The fourth-order valence-corrected chi connectivity index (χ4v) is 8.06. The third kappa shape index (κ3) is 12.2. The summed E-state index contributed by atoms with van der Waals surface area (Å²) in [6.07, 6.45) is 11.0. The first kappa shape index (κ1) is 39.0. The lowest BCUT2D eigenvalue weighted by atomic mass is 9.79.